The standard InChI is InChI=1S/C13H15ClN2O2/c1-2-3-7-18-13(17)9-5-4-6-10-12(9)16-11(8-14)15-10/h4-6H,2-3,7-8H2,1H3,(H,15,16). The molecule has 5 heteroatoms. The number of hydrogen-bond acceptors (Lipinski definition) is 3. The second kappa shape index (κ2) is 5.87. The predicted molar refractivity (Wildman–Crippen MR) is 70.8 cm³/mol. The molecule has 0 aliphatic rings. The summed E-state index contributed by atoms with van der Waals surface area (Å²) in [5, 5.41) is 0. The lowest BCUT2D eigenvalue weighted by Crippen LogP contribution is -2.06. The summed E-state index contributed by atoms with van der Waals surface area (Å²) in [6.07, 6.45) is 1.87. The van der Waals surface area contributed by atoms with Crippen LogP contribution in [0.3, 0.4) is 0 Å². The molecule has 0 aliphatic carbocycles. The average molecular weight is 267 g/mol. The van der Waals surface area contributed by atoms with E-state index in [0.717, 1.165) is 18.4 Å². The van der Waals surface area contributed by atoms with Gasteiger partial charge in [0.1, 0.15) is 11.3 Å². The number of imidazole rings is 1. The number of H-pyrrole nitrogens is 1. The zero-order valence-corrected chi connectivity index (χ0v) is 11.0. The normalized spacial score (nSPS) is 10.8. The minimum atomic E-state index is -0.332. The fourth-order valence-electron chi connectivity index (χ4n) is 1.70. The van der Waals surface area contributed by atoms with Gasteiger partial charge in [0.2, 0.25) is 0 Å². The molecule has 0 atom stereocenters. The van der Waals surface area contributed by atoms with Crippen LogP contribution in [0.25, 0.3) is 11.0 Å². The van der Waals surface area contributed by atoms with Gasteiger partial charge < -0.3 is 9.72 Å². The maximum atomic E-state index is 11.9. The molecule has 2 rings (SSSR count). The molecule has 0 radical (unpaired) electrons. The molecule has 1 heterocycles. The third-order valence-electron chi connectivity index (χ3n) is 2.64. The summed E-state index contributed by atoms with van der Waals surface area (Å²) in [7, 11) is 0. The lowest BCUT2D eigenvalue weighted by molar-refractivity contribution is 0.0502. The molecular formula is C13H15ClN2O2. The van der Waals surface area contributed by atoms with Crippen molar-refractivity contribution in [1.29, 1.82) is 0 Å². The fraction of sp³-hybridized carbons (Fsp3) is 0.385. The third kappa shape index (κ3) is 2.64. The first-order valence-electron chi connectivity index (χ1n) is 5.97. The second-order valence-electron chi connectivity index (χ2n) is 4.01. The summed E-state index contributed by atoms with van der Waals surface area (Å²) in [6, 6.07) is 5.38. The maximum Gasteiger partial charge on any atom is 0.340 e. The number of carbonyl (C=O) groups excluding carboxylic acids is 1. The van der Waals surface area contributed by atoms with E-state index < -0.39 is 0 Å². The number of hydrogen-bond donors (Lipinski definition) is 1. The van der Waals surface area contributed by atoms with Gasteiger partial charge in [-0.15, -0.1) is 11.6 Å². The SMILES string of the molecule is CCCCOC(=O)c1cccc2[nH]c(CCl)nc12. The minimum absolute atomic E-state index is 0.291. The number of carbonyl (C=O) groups is 1. The molecular weight excluding hydrogens is 252 g/mol. The number of rotatable bonds is 5. The first-order valence-corrected chi connectivity index (χ1v) is 6.50. The molecule has 0 aliphatic heterocycles. The summed E-state index contributed by atoms with van der Waals surface area (Å²) >= 11 is 5.72. The summed E-state index contributed by atoms with van der Waals surface area (Å²) in [4.78, 5) is 19.3. The van der Waals surface area contributed by atoms with Crippen molar-refractivity contribution in [3.63, 3.8) is 0 Å². The molecule has 1 aromatic carbocycles. The molecule has 0 saturated carbocycles. The topological polar surface area (TPSA) is 55.0 Å². The highest BCUT2D eigenvalue weighted by Crippen LogP contribution is 2.18. The number of nitrogens with zero attached hydrogens (tertiary/aromatic N) is 1. The Morgan fingerprint density at radius 3 is 3.06 bits per heavy atom. The first-order chi connectivity index (χ1) is 8.76. The van der Waals surface area contributed by atoms with Gasteiger partial charge in [-0.3, -0.25) is 0 Å². The summed E-state index contributed by atoms with van der Waals surface area (Å²) < 4.78 is 5.19. The molecule has 1 aromatic heterocycles. The van der Waals surface area contributed by atoms with Crippen LogP contribution in [0, 0.1) is 0 Å². The van der Waals surface area contributed by atoms with Crippen molar-refractivity contribution in [3.05, 3.63) is 29.6 Å². The van der Waals surface area contributed by atoms with Crippen LogP contribution >= 0.6 is 11.6 Å². The van der Waals surface area contributed by atoms with Gasteiger partial charge in [-0.25, -0.2) is 9.78 Å². The van der Waals surface area contributed by atoms with E-state index in [0.29, 0.717) is 29.4 Å². The smallest absolute Gasteiger partial charge is 0.340 e. The van der Waals surface area contributed by atoms with Crippen LogP contribution in [-0.4, -0.2) is 22.5 Å². The van der Waals surface area contributed by atoms with E-state index in [9.17, 15) is 4.79 Å². The zero-order valence-electron chi connectivity index (χ0n) is 10.2. The number of fused-ring (bicyclic) bond motifs is 1. The molecule has 1 N–H and O–H groups in total. The largest absolute Gasteiger partial charge is 0.462 e. The van der Waals surface area contributed by atoms with Gasteiger partial charge in [-0.1, -0.05) is 19.4 Å². The van der Waals surface area contributed by atoms with Gasteiger partial charge >= 0.3 is 5.97 Å². The predicted octanol–water partition coefficient (Wildman–Crippen LogP) is 3.26. The van der Waals surface area contributed by atoms with Gasteiger partial charge in [0.05, 0.1) is 23.6 Å². The monoisotopic (exact) mass is 266 g/mol. The van der Waals surface area contributed by atoms with E-state index in [1.54, 1.807) is 12.1 Å². The third-order valence-corrected chi connectivity index (χ3v) is 2.89. The Morgan fingerprint density at radius 2 is 2.33 bits per heavy atom. The van der Waals surface area contributed by atoms with Crippen LogP contribution in [0.2, 0.25) is 0 Å². The molecule has 0 fully saturated rings. The summed E-state index contributed by atoms with van der Waals surface area (Å²) in [5.74, 6) is 0.612. The van der Waals surface area contributed by atoms with E-state index >= 15 is 0 Å². The van der Waals surface area contributed by atoms with E-state index in [-0.39, 0.29) is 5.97 Å². The van der Waals surface area contributed by atoms with Crippen molar-refractivity contribution in [2.45, 2.75) is 25.6 Å². The molecule has 0 bridgehead atoms. The maximum absolute atomic E-state index is 11.9. The molecule has 96 valence electrons. The Hall–Kier alpha value is -1.55. The molecule has 0 unspecified atom stereocenters. The second-order valence-corrected chi connectivity index (χ2v) is 4.28. The van der Waals surface area contributed by atoms with Gasteiger partial charge in [-0.05, 0) is 18.6 Å². The van der Waals surface area contributed by atoms with Gasteiger partial charge in [-0.2, -0.15) is 0 Å². The molecule has 4 nitrogen and oxygen atoms in total. The summed E-state index contributed by atoms with van der Waals surface area (Å²) in [6.45, 7) is 2.49. The number of aromatic amines is 1. The van der Waals surface area contributed by atoms with Gasteiger partial charge in [0.25, 0.3) is 0 Å². The van der Waals surface area contributed by atoms with Crippen molar-refractivity contribution in [2.75, 3.05) is 6.61 Å². The number of ether oxygens (including phenoxy) is 1. The van der Waals surface area contributed by atoms with E-state index in [1.165, 1.54) is 0 Å². The van der Waals surface area contributed by atoms with Crippen molar-refractivity contribution in [1.82, 2.24) is 9.97 Å². The van der Waals surface area contributed by atoms with Gasteiger partial charge in [0, 0.05) is 0 Å². The van der Waals surface area contributed by atoms with Crippen molar-refractivity contribution in [2.24, 2.45) is 0 Å². The van der Waals surface area contributed by atoms with Crippen LogP contribution in [0.15, 0.2) is 18.2 Å². The molecule has 0 spiro atoms. The van der Waals surface area contributed by atoms with Crippen molar-refractivity contribution in [3.8, 4) is 0 Å². The summed E-state index contributed by atoms with van der Waals surface area (Å²) in [5.41, 5.74) is 1.90. The van der Waals surface area contributed by atoms with Crippen LogP contribution in [0.4, 0.5) is 0 Å². The Balaban J connectivity index is 2.26. The Kier molecular flexibility index (Phi) is 4.20. The number of alkyl halides is 1. The highest BCUT2D eigenvalue weighted by molar-refractivity contribution is 6.17. The number of para-hydroxylation sites is 1. The van der Waals surface area contributed by atoms with Crippen molar-refractivity contribution >= 4 is 28.6 Å². The van der Waals surface area contributed by atoms with E-state index in [1.807, 2.05) is 6.07 Å². The molecule has 2 aromatic rings. The zero-order chi connectivity index (χ0) is 13.0. The first kappa shape index (κ1) is 12.9. The number of unbranched alkanes of at least 4 members (excludes halogenated alkanes) is 1. The highest BCUT2D eigenvalue weighted by atomic mass is 35.5. The van der Waals surface area contributed by atoms with E-state index in [2.05, 4.69) is 16.9 Å². The van der Waals surface area contributed by atoms with E-state index in [4.69, 9.17) is 16.3 Å². The van der Waals surface area contributed by atoms with Crippen LogP contribution in [0.1, 0.15) is 35.9 Å². The number of benzene rings is 1. The number of aromatic nitrogens is 2. The lowest BCUT2D eigenvalue weighted by Gasteiger charge is -2.03. The highest BCUT2D eigenvalue weighted by Gasteiger charge is 2.14. The van der Waals surface area contributed by atoms with Crippen LogP contribution in [-0.2, 0) is 10.6 Å². The van der Waals surface area contributed by atoms with Crippen LogP contribution < -0.4 is 0 Å². The lowest BCUT2D eigenvalue weighted by atomic mass is 10.2. The Morgan fingerprint density at radius 1 is 1.50 bits per heavy atom. The minimum Gasteiger partial charge on any atom is -0.462 e. The molecule has 0 saturated heterocycles. The number of esters is 1. The quantitative estimate of drug-likeness (QED) is 0.513. The van der Waals surface area contributed by atoms with Gasteiger partial charge in [0.15, 0.2) is 0 Å². The molecule has 18 heavy (non-hydrogen) atoms. The fourth-order valence-corrected chi connectivity index (χ4v) is 1.82. The number of nitrogens with one attached hydrogen (secondary N) is 1. The van der Waals surface area contributed by atoms with Crippen LogP contribution in [0.5, 0.6) is 0 Å². The Bertz CT molecular complexity index is 551. The molecule has 0 amide bonds. The van der Waals surface area contributed by atoms with Crippen molar-refractivity contribution < 1.29 is 9.53 Å². The number of halogens is 1. The Labute approximate surface area is 110 Å². The average Bonchev–Trinajstić information content (AvgIpc) is 2.81.